The number of carbonyl (C=O) groups excluding carboxylic acids is 2. The Kier molecular flexibility index (Phi) is 5.62. The van der Waals surface area contributed by atoms with Crippen LogP contribution in [-0.2, 0) is 4.79 Å². The molecular formula is C26H23FN4O2. The van der Waals surface area contributed by atoms with Crippen LogP contribution < -0.4 is 16.0 Å². The van der Waals surface area contributed by atoms with Crippen molar-refractivity contribution < 1.29 is 14.0 Å². The third-order valence-corrected chi connectivity index (χ3v) is 5.84. The minimum atomic E-state index is -0.408. The van der Waals surface area contributed by atoms with Crippen LogP contribution in [0.1, 0.15) is 21.5 Å². The van der Waals surface area contributed by atoms with E-state index in [9.17, 15) is 14.0 Å². The number of hydrogen-bond donors (Lipinski definition) is 3. The molecule has 0 atom stereocenters. The lowest BCUT2D eigenvalue weighted by molar-refractivity contribution is -0.110. The zero-order valence-corrected chi connectivity index (χ0v) is 17.9. The fourth-order valence-corrected chi connectivity index (χ4v) is 4.17. The predicted molar refractivity (Wildman–Crippen MR) is 127 cm³/mol. The summed E-state index contributed by atoms with van der Waals surface area (Å²) < 4.78 is 13.7. The summed E-state index contributed by atoms with van der Waals surface area (Å²) in [7, 11) is 0. The number of amides is 2. The Hall–Kier alpha value is -3.97. The van der Waals surface area contributed by atoms with Gasteiger partial charge in [0.2, 0.25) is 0 Å². The first-order valence-electron chi connectivity index (χ1n) is 10.9. The van der Waals surface area contributed by atoms with Crippen LogP contribution in [0.15, 0.2) is 72.8 Å². The quantitative estimate of drug-likeness (QED) is 0.538. The van der Waals surface area contributed by atoms with Gasteiger partial charge in [-0.15, -0.1) is 0 Å². The largest absolute Gasteiger partial charge is 0.354 e. The summed E-state index contributed by atoms with van der Waals surface area (Å²) in [6, 6.07) is 21.0. The van der Waals surface area contributed by atoms with Gasteiger partial charge in [0.1, 0.15) is 5.82 Å². The number of benzene rings is 3. The van der Waals surface area contributed by atoms with E-state index < -0.39 is 5.82 Å². The summed E-state index contributed by atoms with van der Waals surface area (Å²) in [5.74, 6) is -0.697. The van der Waals surface area contributed by atoms with Crippen molar-refractivity contribution in [3.05, 3.63) is 95.3 Å². The first-order valence-corrected chi connectivity index (χ1v) is 10.9. The van der Waals surface area contributed by atoms with Crippen LogP contribution in [0.2, 0.25) is 0 Å². The highest BCUT2D eigenvalue weighted by Gasteiger charge is 2.29. The maximum atomic E-state index is 13.7. The Morgan fingerprint density at radius 1 is 0.909 bits per heavy atom. The zero-order valence-electron chi connectivity index (χ0n) is 17.9. The number of rotatable bonds is 4. The van der Waals surface area contributed by atoms with E-state index in [0.717, 1.165) is 24.3 Å². The molecule has 1 saturated heterocycles. The highest BCUT2D eigenvalue weighted by atomic mass is 19.1. The molecule has 2 heterocycles. The number of nitrogens with zero attached hydrogens (tertiary/aromatic N) is 1. The fraction of sp³-hybridized carbons (Fsp3) is 0.154. The van der Waals surface area contributed by atoms with Crippen molar-refractivity contribution in [3.63, 3.8) is 0 Å². The molecule has 2 amide bonds. The van der Waals surface area contributed by atoms with Gasteiger partial charge < -0.3 is 20.9 Å². The van der Waals surface area contributed by atoms with E-state index in [-0.39, 0.29) is 11.8 Å². The summed E-state index contributed by atoms with van der Waals surface area (Å²) in [5, 5.41) is 9.36. The number of fused-ring (bicyclic) bond motifs is 1. The van der Waals surface area contributed by atoms with E-state index in [1.807, 2.05) is 47.4 Å². The molecule has 2 aliphatic heterocycles. The molecule has 0 spiro atoms. The second-order valence-electron chi connectivity index (χ2n) is 8.00. The zero-order chi connectivity index (χ0) is 22.8. The summed E-state index contributed by atoms with van der Waals surface area (Å²) in [5.41, 5.74) is 4.32. The molecule has 0 aromatic heterocycles. The van der Waals surface area contributed by atoms with Gasteiger partial charge in [-0.25, -0.2) is 4.39 Å². The summed E-state index contributed by atoms with van der Waals surface area (Å²) >= 11 is 0. The summed E-state index contributed by atoms with van der Waals surface area (Å²) in [6.07, 6.45) is 0. The van der Waals surface area contributed by atoms with Crippen molar-refractivity contribution in [3.8, 4) is 0 Å². The highest BCUT2D eigenvalue weighted by Crippen LogP contribution is 2.37. The van der Waals surface area contributed by atoms with Crippen LogP contribution in [0.5, 0.6) is 0 Å². The van der Waals surface area contributed by atoms with Crippen LogP contribution >= 0.6 is 0 Å². The average Bonchev–Trinajstić information content (AvgIpc) is 3.18. The molecule has 0 radical (unpaired) electrons. The average molecular weight is 442 g/mol. The summed E-state index contributed by atoms with van der Waals surface area (Å²) in [6.45, 7) is 2.98. The molecule has 3 aromatic rings. The molecule has 3 aromatic carbocycles. The molecule has 2 aliphatic rings. The molecule has 6 nitrogen and oxygen atoms in total. The number of piperazine rings is 1. The van der Waals surface area contributed by atoms with E-state index in [1.165, 1.54) is 12.1 Å². The van der Waals surface area contributed by atoms with Crippen LogP contribution in [0.3, 0.4) is 0 Å². The Labute approximate surface area is 191 Å². The van der Waals surface area contributed by atoms with Crippen LogP contribution in [0, 0.1) is 5.82 Å². The molecular weight excluding hydrogens is 419 g/mol. The molecule has 166 valence electrons. The van der Waals surface area contributed by atoms with Crippen molar-refractivity contribution in [1.82, 2.24) is 10.2 Å². The number of halogens is 1. The molecule has 0 aliphatic carbocycles. The van der Waals surface area contributed by atoms with Gasteiger partial charge in [0.05, 0.1) is 17.0 Å². The Bertz CT molecular complexity index is 1230. The van der Waals surface area contributed by atoms with Gasteiger partial charge in [-0.1, -0.05) is 30.3 Å². The van der Waals surface area contributed by atoms with Gasteiger partial charge in [-0.2, -0.15) is 0 Å². The van der Waals surface area contributed by atoms with Crippen LogP contribution in [0.25, 0.3) is 11.3 Å². The molecule has 0 bridgehead atoms. The topological polar surface area (TPSA) is 73.5 Å². The van der Waals surface area contributed by atoms with Crippen molar-refractivity contribution in [2.75, 3.05) is 36.8 Å². The van der Waals surface area contributed by atoms with E-state index in [0.29, 0.717) is 41.2 Å². The second-order valence-corrected chi connectivity index (χ2v) is 8.00. The number of anilines is 2. The van der Waals surface area contributed by atoms with Crippen LogP contribution in [-0.4, -0.2) is 42.9 Å². The molecule has 33 heavy (non-hydrogen) atoms. The smallest absolute Gasteiger partial charge is 0.258 e. The normalized spacial score (nSPS) is 16.8. The van der Waals surface area contributed by atoms with Crippen molar-refractivity contribution in [2.45, 2.75) is 0 Å². The number of nitrogens with one attached hydrogen (secondary N) is 3. The van der Waals surface area contributed by atoms with Gasteiger partial charge in [0.25, 0.3) is 11.8 Å². The van der Waals surface area contributed by atoms with E-state index in [2.05, 4.69) is 16.0 Å². The van der Waals surface area contributed by atoms with Crippen molar-refractivity contribution >= 4 is 34.5 Å². The molecule has 5 rings (SSSR count). The van der Waals surface area contributed by atoms with E-state index in [1.54, 1.807) is 18.2 Å². The molecule has 1 fully saturated rings. The SMILES string of the molecule is O=C1Nc2cc(F)ccc2/C1=C(/Nc1ccc(C(=O)N2CCNCC2)cc1)c1ccccc1. The van der Waals surface area contributed by atoms with Gasteiger partial charge in [-0.3, -0.25) is 9.59 Å². The number of hydrogen-bond acceptors (Lipinski definition) is 4. The Balaban J connectivity index is 1.49. The van der Waals surface area contributed by atoms with Crippen molar-refractivity contribution in [2.24, 2.45) is 0 Å². The van der Waals surface area contributed by atoms with Gasteiger partial charge in [-0.05, 0) is 48.0 Å². The minimum Gasteiger partial charge on any atom is -0.354 e. The number of carbonyl (C=O) groups is 2. The fourth-order valence-electron chi connectivity index (χ4n) is 4.17. The monoisotopic (exact) mass is 442 g/mol. The predicted octanol–water partition coefficient (Wildman–Crippen LogP) is 3.80. The molecule has 7 heteroatoms. The molecule has 0 saturated carbocycles. The summed E-state index contributed by atoms with van der Waals surface area (Å²) in [4.78, 5) is 27.5. The maximum Gasteiger partial charge on any atom is 0.258 e. The first kappa shape index (κ1) is 20.9. The Morgan fingerprint density at radius 3 is 2.36 bits per heavy atom. The maximum absolute atomic E-state index is 13.7. The third-order valence-electron chi connectivity index (χ3n) is 5.84. The van der Waals surface area contributed by atoms with Gasteiger partial charge in [0.15, 0.2) is 0 Å². The lowest BCUT2D eigenvalue weighted by Gasteiger charge is -2.27. The van der Waals surface area contributed by atoms with Crippen molar-refractivity contribution in [1.29, 1.82) is 0 Å². The molecule has 3 N–H and O–H groups in total. The lowest BCUT2D eigenvalue weighted by Crippen LogP contribution is -2.46. The minimum absolute atomic E-state index is 0.0100. The van der Waals surface area contributed by atoms with E-state index in [4.69, 9.17) is 0 Å². The lowest BCUT2D eigenvalue weighted by atomic mass is 10.00. The second kappa shape index (κ2) is 8.88. The van der Waals surface area contributed by atoms with Gasteiger partial charge in [0, 0.05) is 43.0 Å². The molecule has 0 unspecified atom stereocenters. The Morgan fingerprint density at radius 2 is 1.64 bits per heavy atom. The van der Waals surface area contributed by atoms with E-state index >= 15 is 0 Å². The first-order chi connectivity index (χ1) is 16.1. The third kappa shape index (κ3) is 4.23. The van der Waals surface area contributed by atoms with Gasteiger partial charge >= 0.3 is 0 Å². The van der Waals surface area contributed by atoms with Crippen LogP contribution in [0.4, 0.5) is 15.8 Å². The standard InChI is InChI=1S/C26H23FN4O2/c27-19-8-11-21-22(16-19)30-25(32)23(21)24(17-4-2-1-3-5-17)29-20-9-6-18(7-10-20)26(33)31-14-12-28-13-15-31/h1-11,16,28-29H,12-15H2,(H,30,32)/b24-23-. The highest BCUT2D eigenvalue weighted by molar-refractivity contribution is 6.37.